The van der Waals surface area contributed by atoms with E-state index in [4.69, 9.17) is 5.11 Å². The van der Waals surface area contributed by atoms with Crippen LogP contribution in [0.4, 0.5) is 0 Å². The number of carboxylic acid groups (broad SMARTS) is 1. The molecule has 0 atom stereocenters. The van der Waals surface area contributed by atoms with Gasteiger partial charge in [-0.05, 0) is 25.7 Å². The zero-order valence-electron chi connectivity index (χ0n) is 8.42. The van der Waals surface area contributed by atoms with Crippen molar-refractivity contribution in [3.05, 3.63) is 0 Å². The lowest BCUT2D eigenvalue weighted by atomic mass is 9.86. The van der Waals surface area contributed by atoms with Gasteiger partial charge in [0, 0.05) is 12.1 Å². The van der Waals surface area contributed by atoms with E-state index in [0.717, 1.165) is 25.7 Å². The van der Waals surface area contributed by atoms with Crippen molar-refractivity contribution in [3.8, 4) is 0 Å². The smallest absolute Gasteiger partial charge is 0.306 e. The predicted octanol–water partition coefficient (Wildman–Crippen LogP) is 1.63. The average molecular weight is 185 g/mol. The van der Waals surface area contributed by atoms with Crippen LogP contribution in [0, 0.1) is 5.92 Å². The summed E-state index contributed by atoms with van der Waals surface area (Å²) in [6.07, 6.45) is 3.68. The summed E-state index contributed by atoms with van der Waals surface area (Å²) >= 11 is 0. The molecule has 0 saturated heterocycles. The summed E-state index contributed by atoms with van der Waals surface area (Å²) in [7, 11) is 0. The van der Waals surface area contributed by atoms with Crippen LogP contribution in [-0.2, 0) is 4.79 Å². The van der Waals surface area contributed by atoms with Crippen LogP contribution in [0.2, 0.25) is 0 Å². The normalized spacial score (nSPS) is 29.2. The van der Waals surface area contributed by atoms with Gasteiger partial charge in [-0.15, -0.1) is 0 Å². The predicted molar refractivity (Wildman–Crippen MR) is 51.7 cm³/mol. The van der Waals surface area contributed by atoms with E-state index >= 15 is 0 Å². The van der Waals surface area contributed by atoms with Crippen molar-refractivity contribution in [1.82, 2.24) is 5.32 Å². The fraction of sp³-hybridized carbons (Fsp3) is 0.900. The van der Waals surface area contributed by atoms with E-state index < -0.39 is 5.97 Å². The largest absolute Gasteiger partial charge is 0.481 e. The van der Waals surface area contributed by atoms with Gasteiger partial charge in [-0.1, -0.05) is 13.8 Å². The summed E-state index contributed by atoms with van der Waals surface area (Å²) in [5.74, 6) is -0.715. The van der Waals surface area contributed by atoms with Gasteiger partial charge in [0.05, 0.1) is 5.92 Å². The Morgan fingerprint density at radius 1 is 1.31 bits per heavy atom. The summed E-state index contributed by atoms with van der Waals surface area (Å²) in [5, 5.41) is 12.2. The Hall–Kier alpha value is -0.570. The third kappa shape index (κ3) is 3.35. The molecule has 0 bridgehead atoms. The standard InChI is InChI=1S/C10H19NO2/c1-7(2)11-9-5-3-8(4-6-9)10(12)13/h7-9,11H,3-6H2,1-2H3,(H,12,13)/t8-,9-. The molecule has 0 unspecified atom stereocenters. The van der Waals surface area contributed by atoms with Crippen LogP contribution in [0.15, 0.2) is 0 Å². The van der Waals surface area contributed by atoms with Gasteiger partial charge < -0.3 is 10.4 Å². The third-order valence-electron chi connectivity index (χ3n) is 2.65. The van der Waals surface area contributed by atoms with Crippen molar-refractivity contribution < 1.29 is 9.90 Å². The first kappa shape index (κ1) is 10.5. The van der Waals surface area contributed by atoms with Gasteiger partial charge in [0.15, 0.2) is 0 Å². The van der Waals surface area contributed by atoms with Crippen LogP contribution >= 0.6 is 0 Å². The molecule has 0 aliphatic heterocycles. The van der Waals surface area contributed by atoms with Gasteiger partial charge in [-0.2, -0.15) is 0 Å². The number of hydrogen-bond donors (Lipinski definition) is 2. The molecule has 1 aliphatic carbocycles. The molecule has 1 saturated carbocycles. The Morgan fingerprint density at radius 3 is 2.23 bits per heavy atom. The van der Waals surface area contributed by atoms with Crippen molar-refractivity contribution in [2.45, 2.75) is 51.6 Å². The van der Waals surface area contributed by atoms with E-state index in [2.05, 4.69) is 19.2 Å². The number of carbonyl (C=O) groups is 1. The van der Waals surface area contributed by atoms with Crippen LogP contribution < -0.4 is 5.32 Å². The van der Waals surface area contributed by atoms with Crippen LogP contribution in [0.25, 0.3) is 0 Å². The van der Waals surface area contributed by atoms with Crippen molar-refractivity contribution in [2.24, 2.45) is 5.92 Å². The molecule has 0 aromatic rings. The Bertz CT molecular complexity index is 172. The van der Waals surface area contributed by atoms with Gasteiger partial charge in [0.25, 0.3) is 0 Å². The molecule has 76 valence electrons. The number of rotatable bonds is 3. The first-order valence-electron chi connectivity index (χ1n) is 5.08. The van der Waals surface area contributed by atoms with Gasteiger partial charge in [0.2, 0.25) is 0 Å². The molecule has 1 rings (SSSR count). The lowest BCUT2D eigenvalue weighted by Gasteiger charge is -2.28. The number of carboxylic acids is 1. The molecule has 3 nitrogen and oxygen atoms in total. The summed E-state index contributed by atoms with van der Waals surface area (Å²) in [4.78, 5) is 10.7. The molecule has 3 heteroatoms. The maximum atomic E-state index is 10.7. The molecular weight excluding hydrogens is 166 g/mol. The van der Waals surface area contributed by atoms with Crippen LogP contribution in [0.3, 0.4) is 0 Å². The molecule has 2 N–H and O–H groups in total. The fourth-order valence-corrected chi connectivity index (χ4v) is 1.98. The Kier molecular flexibility index (Phi) is 3.72. The molecule has 0 aromatic heterocycles. The monoisotopic (exact) mass is 185 g/mol. The van der Waals surface area contributed by atoms with E-state index in [1.54, 1.807) is 0 Å². The highest BCUT2D eigenvalue weighted by Gasteiger charge is 2.25. The van der Waals surface area contributed by atoms with E-state index in [1.807, 2.05) is 0 Å². The Labute approximate surface area is 79.5 Å². The van der Waals surface area contributed by atoms with Crippen molar-refractivity contribution >= 4 is 5.97 Å². The molecule has 0 spiro atoms. The lowest BCUT2D eigenvalue weighted by Crippen LogP contribution is -2.38. The topological polar surface area (TPSA) is 49.3 Å². The molecular formula is C10H19NO2. The highest BCUT2D eigenvalue weighted by atomic mass is 16.4. The number of aliphatic carboxylic acids is 1. The Morgan fingerprint density at radius 2 is 1.85 bits per heavy atom. The minimum Gasteiger partial charge on any atom is -0.481 e. The molecule has 1 fully saturated rings. The van der Waals surface area contributed by atoms with E-state index in [9.17, 15) is 4.79 Å². The van der Waals surface area contributed by atoms with Gasteiger partial charge in [0.1, 0.15) is 0 Å². The highest BCUT2D eigenvalue weighted by molar-refractivity contribution is 5.70. The summed E-state index contributed by atoms with van der Waals surface area (Å²) in [5.41, 5.74) is 0. The molecule has 0 radical (unpaired) electrons. The van der Waals surface area contributed by atoms with Crippen molar-refractivity contribution in [1.29, 1.82) is 0 Å². The lowest BCUT2D eigenvalue weighted by molar-refractivity contribution is -0.142. The summed E-state index contributed by atoms with van der Waals surface area (Å²) in [6, 6.07) is 1.04. The maximum absolute atomic E-state index is 10.7. The molecule has 13 heavy (non-hydrogen) atoms. The third-order valence-corrected chi connectivity index (χ3v) is 2.65. The quantitative estimate of drug-likeness (QED) is 0.702. The molecule has 0 aromatic carbocycles. The summed E-state index contributed by atoms with van der Waals surface area (Å²) < 4.78 is 0. The van der Waals surface area contributed by atoms with Crippen LogP contribution in [-0.4, -0.2) is 23.2 Å². The van der Waals surface area contributed by atoms with Crippen LogP contribution in [0.1, 0.15) is 39.5 Å². The second-order valence-corrected chi connectivity index (χ2v) is 4.21. The maximum Gasteiger partial charge on any atom is 0.306 e. The molecule has 0 heterocycles. The van der Waals surface area contributed by atoms with Crippen molar-refractivity contribution in [3.63, 3.8) is 0 Å². The SMILES string of the molecule is CC(C)N[C@H]1CC[C@H](C(=O)O)CC1. The zero-order valence-corrected chi connectivity index (χ0v) is 8.42. The summed E-state index contributed by atoms with van der Waals surface area (Å²) in [6.45, 7) is 4.26. The first-order chi connectivity index (χ1) is 6.09. The fourth-order valence-electron chi connectivity index (χ4n) is 1.98. The highest BCUT2D eigenvalue weighted by Crippen LogP contribution is 2.24. The minimum atomic E-state index is -0.622. The molecule has 0 amide bonds. The first-order valence-corrected chi connectivity index (χ1v) is 5.08. The van der Waals surface area contributed by atoms with E-state index in [0.29, 0.717) is 12.1 Å². The Balaban J connectivity index is 2.26. The second kappa shape index (κ2) is 4.61. The second-order valence-electron chi connectivity index (χ2n) is 4.21. The zero-order chi connectivity index (χ0) is 9.84. The van der Waals surface area contributed by atoms with E-state index in [-0.39, 0.29) is 5.92 Å². The van der Waals surface area contributed by atoms with Gasteiger partial charge >= 0.3 is 5.97 Å². The van der Waals surface area contributed by atoms with Gasteiger partial charge in [-0.25, -0.2) is 0 Å². The average Bonchev–Trinajstić information content (AvgIpc) is 2.04. The van der Waals surface area contributed by atoms with Crippen molar-refractivity contribution in [2.75, 3.05) is 0 Å². The van der Waals surface area contributed by atoms with E-state index in [1.165, 1.54) is 0 Å². The van der Waals surface area contributed by atoms with Crippen LogP contribution in [0.5, 0.6) is 0 Å². The van der Waals surface area contributed by atoms with Gasteiger partial charge in [-0.3, -0.25) is 4.79 Å². The molecule has 1 aliphatic rings. The minimum absolute atomic E-state index is 0.0924. The number of nitrogens with one attached hydrogen (secondary N) is 1. The number of hydrogen-bond acceptors (Lipinski definition) is 2.